The predicted octanol–water partition coefficient (Wildman–Crippen LogP) is 1.63. The van der Waals surface area contributed by atoms with E-state index < -0.39 is 0 Å². The highest BCUT2D eigenvalue weighted by molar-refractivity contribution is 5.82. The summed E-state index contributed by atoms with van der Waals surface area (Å²) in [5.41, 5.74) is 1.19. The maximum absolute atomic E-state index is 11.9. The summed E-state index contributed by atoms with van der Waals surface area (Å²) in [6.45, 7) is 8.11. The van der Waals surface area contributed by atoms with E-state index in [-0.39, 0.29) is 29.6 Å². The van der Waals surface area contributed by atoms with E-state index in [1.807, 2.05) is 13.8 Å². The number of nitrogens with one attached hydrogen (secondary N) is 1. The van der Waals surface area contributed by atoms with Crippen LogP contribution in [0.15, 0.2) is 11.6 Å². The van der Waals surface area contributed by atoms with Gasteiger partial charge in [0, 0.05) is 6.04 Å². The van der Waals surface area contributed by atoms with Gasteiger partial charge in [0.25, 0.3) is 0 Å². The molecule has 1 aliphatic heterocycles. The molecule has 0 saturated carbocycles. The van der Waals surface area contributed by atoms with Gasteiger partial charge in [0.1, 0.15) is 6.10 Å². The summed E-state index contributed by atoms with van der Waals surface area (Å²) in [7, 11) is 0. The normalized spacial score (nSPS) is 38.3. The molecule has 0 bridgehead atoms. The van der Waals surface area contributed by atoms with Crippen molar-refractivity contribution in [2.45, 2.75) is 51.9 Å². The van der Waals surface area contributed by atoms with E-state index in [0.717, 1.165) is 6.42 Å². The van der Waals surface area contributed by atoms with Crippen molar-refractivity contribution in [1.82, 2.24) is 5.32 Å². The second-order valence-corrected chi connectivity index (χ2v) is 5.23. The minimum Gasteiger partial charge on any atom is -0.365 e. The van der Waals surface area contributed by atoms with Gasteiger partial charge in [-0.2, -0.15) is 0 Å². The monoisotopic (exact) mass is 209 g/mol. The van der Waals surface area contributed by atoms with E-state index in [1.165, 1.54) is 5.57 Å². The molecule has 1 saturated heterocycles. The molecule has 1 aliphatic carbocycles. The van der Waals surface area contributed by atoms with Crippen molar-refractivity contribution in [3.63, 3.8) is 0 Å². The summed E-state index contributed by atoms with van der Waals surface area (Å²) < 4.78 is 5.64. The zero-order chi connectivity index (χ0) is 11.2. The molecule has 0 aromatic heterocycles. The minimum absolute atomic E-state index is 0.0716. The van der Waals surface area contributed by atoms with Gasteiger partial charge < -0.3 is 10.1 Å². The van der Waals surface area contributed by atoms with Crippen LogP contribution in [-0.2, 0) is 9.53 Å². The van der Waals surface area contributed by atoms with Gasteiger partial charge in [-0.05, 0) is 34.1 Å². The summed E-state index contributed by atoms with van der Waals surface area (Å²) in [6, 6.07) is 0.193. The van der Waals surface area contributed by atoms with Crippen molar-refractivity contribution in [3.8, 4) is 0 Å². The Hall–Kier alpha value is -0.830. The first-order chi connectivity index (χ1) is 6.92. The highest BCUT2D eigenvalue weighted by Crippen LogP contribution is 2.49. The molecule has 15 heavy (non-hydrogen) atoms. The van der Waals surface area contributed by atoms with Crippen molar-refractivity contribution in [2.75, 3.05) is 0 Å². The molecule has 0 aromatic carbocycles. The lowest BCUT2D eigenvalue weighted by Gasteiger charge is -2.20. The van der Waals surface area contributed by atoms with Crippen LogP contribution >= 0.6 is 0 Å². The second-order valence-electron chi connectivity index (χ2n) is 5.23. The molecule has 0 spiro atoms. The fourth-order valence-electron chi connectivity index (χ4n) is 2.45. The highest BCUT2D eigenvalue weighted by atomic mass is 16.6. The average molecular weight is 209 g/mol. The molecule has 2 rings (SSSR count). The van der Waals surface area contributed by atoms with Crippen LogP contribution in [0.3, 0.4) is 0 Å². The van der Waals surface area contributed by atoms with Crippen LogP contribution in [0, 0.1) is 5.92 Å². The van der Waals surface area contributed by atoms with E-state index in [1.54, 1.807) is 0 Å². The molecule has 0 radical (unpaired) electrons. The molecule has 0 aromatic rings. The van der Waals surface area contributed by atoms with Crippen molar-refractivity contribution < 1.29 is 9.53 Å². The summed E-state index contributed by atoms with van der Waals surface area (Å²) in [5, 5.41) is 2.94. The number of hydrogen-bond donors (Lipinski definition) is 1. The van der Waals surface area contributed by atoms with Crippen LogP contribution in [0.4, 0.5) is 0 Å². The number of carbonyl (C=O) groups excluding carboxylic acids is 1. The fourth-order valence-corrected chi connectivity index (χ4v) is 2.45. The molecule has 2 aliphatic rings. The number of ether oxygens (including phenoxy) is 1. The van der Waals surface area contributed by atoms with Crippen LogP contribution in [0.1, 0.15) is 34.1 Å². The van der Waals surface area contributed by atoms with E-state index in [4.69, 9.17) is 4.74 Å². The van der Waals surface area contributed by atoms with E-state index in [0.29, 0.717) is 0 Å². The number of hydrogen-bond acceptors (Lipinski definition) is 2. The zero-order valence-electron chi connectivity index (χ0n) is 9.83. The largest absolute Gasteiger partial charge is 0.365 e. The van der Waals surface area contributed by atoms with E-state index >= 15 is 0 Å². The summed E-state index contributed by atoms with van der Waals surface area (Å²) in [4.78, 5) is 11.9. The van der Waals surface area contributed by atoms with Crippen molar-refractivity contribution in [3.05, 3.63) is 11.6 Å². The first kappa shape index (κ1) is 10.7. The lowest BCUT2D eigenvalue weighted by Crippen LogP contribution is -2.39. The lowest BCUT2D eigenvalue weighted by molar-refractivity contribution is -0.124. The summed E-state index contributed by atoms with van der Waals surface area (Å²) in [5.74, 6) is 0.00363. The Bertz CT molecular complexity index is 322. The maximum Gasteiger partial charge on any atom is 0.229 e. The molecule has 84 valence electrons. The number of amides is 1. The Morgan fingerprint density at radius 2 is 2.33 bits per heavy atom. The third-order valence-corrected chi connectivity index (χ3v) is 3.09. The predicted molar refractivity (Wildman–Crippen MR) is 58.4 cm³/mol. The molecule has 0 unspecified atom stereocenters. The Labute approximate surface area is 90.9 Å². The lowest BCUT2D eigenvalue weighted by atomic mass is 9.83. The number of carbonyl (C=O) groups is 1. The third kappa shape index (κ3) is 1.93. The molecule has 1 heterocycles. The van der Waals surface area contributed by atoms with Gasteiger partial charge in [-0.1, -0.05) is 11.6 Å². The second kappa shape index (κ2) is 3.34. The van der Waals surface area contributed by atoms with Crippen molar-refractivity contribution in [1.29, 1.82) is 0 Å². The number of fused-ring (bicyclic) bond motifs is 1. The molecule has 1 N–H and O–H groups in total. The molecule has 3 nitrogen and oxygen atoms in total. The molecule has 1 fully saturated rings. The number of rotatable bonds is 2. The summed E-state index contributed by atoms with van der Waals surface area (Å²) >= 11 is 0. The molecular weight excluding hydrogens is 190 g/mol. The minimum atomic E-state index is -0.0915. The quantitative estimate of drug-likeness (QED) is 0.555. The van der Waals surface area contributed by atoms with Crippen molar-refractivity contribution in [2.24, 2.45) is 5.92 Å². The smallest absolute Gasteiger partial charge is 0.229 e. The first-order valence-electron chi connectivity index (χ1n) is 5.58. The van der Waals surface area contributed by atoms with Crippen LogP contribution in [-0.4, -0.2) is 23.7 Å². The van der Waals surface area contributed by atoms with Crippen LogP contribution < -0.4 is 5.32 Å². The van der Waals surface area contributed by atoms with Gasteiger partial charge in [0.2, 0.25) is 5.91 Å². The molecule has 3 heteroatoms. The Morgan fingerprint density at radius 3 is 2.93 bits per heavy atom. The van der Waals surface area contributed by atoms with Gasteiger partial charge >= 0.3 is 0 Å². The van der Waals surface area contributed by atoms with E-state index in [9.17, 15) is 4.79 Å². The third-order valence-electron chi connectivity index (χ3n) is 3.09. The Balaban J connectivity index is 2.09. The summed E-state index contributed by atoms with van der Waals surface area (Å²) in [6.07, 6.45) is 3.11. The van der Waals surface area contributed by atoms with E-state index in [2.05, 4.69) is 25.2 Å². The van der Waals surface area contributed by atoms with Gasteiger partial charge in [-0.3, -0.25) is 4.79 Å². The maximum atomic E-state index is 11.9. The van der Waals surface area contributed by atoms with Gasteiger partial charge in [-0.25, -0.2) is 0 Å². The SMILES string of the molecule is CC1=C[C@H](C(=O)NC(C)C)[C@H]2O[C@@]2(C)C1. The zero-order valence-corrected chi connectivity index (χ0v) is 9.83. The van der Waals surface area contributed by atoms with Crippen LogP contribution in [0.25, 0.3) is 0 Å². The van der Waals surface area contributed by atoms with Gasteiger partial charge in [-0.15, -0.1) is 0 Å². The van der Waals surface area contributed by atoms with Crippen LogP contribution in [0.5, 0.6) is 0 Å². The first-order valence-corrected chi connectivity index (χ1v) is 5.58. The standard InChI is InChI=1S/C12H19NO2/c1-7(2)13-11(14)9-5-8(3)6-12(4)10(9)15-12/h5,7,9-10H,6H2,1-4H3,(H,13,14)/t9-,10+,12-/m0/s1. The average Bonchev–Trinajstić information content (AvgIpc) is 2.72. The van der Waals surface area contributed by atoms with Crippen LogP contribution in [0.2, 0.25) is 0 Å². The fraction of sp³-hybridized carbons (Fsp3) is 0.750. The molecule has 1 amide bonds. The van der Waals surface area contributed by atoms with Crippen molar-refractivity contribution >= 4 is 5.91 Å². The Morgan fingerprint density at radius 1 is 1.67 bits per heavy atom. The molecule has 3 atom stereocenters. The number of epoxide rings is 1. The van der Waals surface area contributed by atoms with Gasteiger partial charge in [0.15, 0.2) is 0 Å². The Kier molecular flexibility index (Phi) is 2.38. The topological polar surface area (TPSA) is 41.6 Å². The molecular formula is C12H19NO2. The highest BCUT2D eigenvalue weighted by Gasteiger charge is 2.59. The van der Waals surface area contributed by atoms with Gasteiger partial charge in [0.05, 0.1) is 11.5 Å².